The number of hydrogen-bond acceptors (Lipinski definition) is 1. The summed E-state index contributed by atoms with van der Waals surface area (Å²) >= 11 is 82.9. The van der Waals surface area contributed by atoms with Crippen molar-refractivity contribution in [3.05, 3.63) is 0 Å². The fraction of sp³-hybridized carbons (Fsp3) is 1.00. The Morgan fingerprint density at radius 3 is 1.13 bits per heavy atom. The maximum atomic E-state index is 9.21. The Balaban J connectivity index is 6.29. The number of aliphatic hydroxyl groups excluding tert-OH is 1. The van der Waals surface area contributed by atoms with Gasteiger partial charge in [0.25, 0.3) is 0 Å². The molecule has 1 N–H and O–H groups in total. The molecule has 0 aliphatic heterocycles. The van der Waals surface area contributed by atoms with Crippen LogP contribution in [0.1, 0.15) is 0 Å². The first-order valence-electron chi connectivity index (χ1n) is 4.91. The summed E-state index contributed by atoms with van der Waals surface area (Å²) in [5.74, 6) is 0. The van der Waals surface area contributed by atoms with Crippen LogP contribution in [-0.4, -0.2) is 42.5 Å². The van der Waals surface area contributed by atoms with Crippen LogP contribution in [0.4, 0.5) is 0 Å². The van der Waals surface area contributed by atoms with Crippen molar-refractivity contribution in [1.29, 1.82) is 0 Å². The number of hydrogen-bond donors (Lipinski definition) is 1. The van der Waals surface area contributed by atoms with Crippen LogP contribution in [0, 0.1) is 0 Å². The summed E-state index contributed by atoms with van der Waals surface area (Å²) in [6.07, 6.45) is 0. The Morgan fingerprint density at radius 2 is 0.870 bits per heavy atom. The van der Waals surface area contributed by atoms with Crippen molar-refractivity contribution >= 4 is 162 Å². The van der Waals surface area contributed by atoms with Crippen molar-refractivity contribution in [2.24, 2.45) is 0 Å². The molecule has 23 heavy (non-hydrogen) atoms. The predicted molar refractivity (Wildman–Crippen MR) is 109 cm³/mol. The minimum atomic E-state index is -2.77. The fourth-order valence-electron chi connectivity index (χ4n) is 1.07. The van der Waals surface area contributed by atoms with E-state index in [1.807, 2.05) is 0 Å². The SMILES string of the molecule is OCC(Cl)(Cl)C(Cl)(Cl)C(Cl)(Cl)C(Cl)(Cl)C(Cl)(Cl)C(Cl)(Cl)C(Cl)Cl. The van der Waals surface area contributed by atoms with Crippen LogP contribution in [-0.2, 0) is 0 Å². The van der Waals surface area contributed by atoms with Gasteiger partial charge in [-0.1, -0.05) is 139 Å². The molecule has 0 amide bonds. The zero-order valence-corrected chi connectivity index (χ0v) is 20.6. The molecule has 0 aromatic carbocycles. The lowest BCUT2D eigenvalue weighted by molar-refractivity contribution is 0.262. The van der Waals surface area contributed by atoms with Gasteiger partial charge in [0.05, 0.1) is 6.61 Å². The minimum absolute atomic E-state index is 1.01. The lowest BCUT2D eigenvalue weighted by atomic mass is 10.1. The Kier molecular flexibility index (Phi) is 9.88. The van der Waals surface area contributed by atoms with E-state index in [2.05, 4.69) is 0 Å². The number of rotatable bonds is 7. The molecule has 0 radical (unpaired) electrons. The molecule has 0 heterocycles. The highest BCUT2D eigenvalue weighted by atomic mass is 35.6. The van der Waals surface area contributed by atoms with Gasteiger partial charge in [-0.15, -0.1) is 23.2 Å². The molecule has 0 saturated carbocycles. The number of aliphatic hydroxyl groups is 1. The van der Waals surface area contributed by atoms with E-state index in [0.717, 1.165) is 0 Å². The van der Waals surface area contributed by atoms with Crippen molar-refractivity contribution in [2.75, 3.05) is 6.61 Å². The molecule has 0 unspecified atom stereocenters. The smallest absolute Gasteiger partial charge is 0.189 e. The molecule has 0 aromatic heterocycles. The van der Waals surface area contributed by atoms with Gasteiger partial charge >= 0.3 is 0 Å². The maximum Gasteiger partial charge on any atom is 0.189 e. The van der Waals surface area contributed by atoms with Gasteiger partial charge in [-0.2, -0.15) is 0 Å². The second kappa shape index (κ2) is 8.41. The zero-order chi connectivity index (χ0) is 19.3. The first-order valence-corrected chi connectivity index (χ1v) is 10.3. The molecule has 0 aliphatic rings. The van der Waals surface area contributed by atoms with Crippen LogP contribution in [0.15, 0.2) is 0 Å². The van der Waals surface area contributed by atoms with E-state index < -0.39 is 37.4 Å². The van der Waals surface area contributed by atoms with Gasteiger partial charge < -0.3 is 5.11 Å². The molecule has 140 valence electrons. The molecule has 0 spiro atoms. The second-order valence-corrected chi connectivity index (χ2v) is 13.4. The molecule has 1 nitrogen and oxygen atoms in total. The van der Waals surface area contributed by atoms with Crippen molar-refractivity contribution < 1.29 is 5.11 Å². The van der Waals surface area contributed by atoms with Crippen molar-refractivity contribution in [2.45, 2.75) is 30.8 Å². The van der Waals surface area contributed by atoms with Gasteiger partial charge in [0, 0.05) is 0 Å². The van der Waals surface area contributed by atoms with E-state index in [0.29, 0.717) is 0 Å². The normalized spacial score (nSPS) is 16.2. The van der Waals surface area contributed by atoms with Gasteiger partial charge in [0.1, 0.15) is 4.84 Å². The van der Waals surface area contributed by atoms with E-state index in [-0.39, 0.29) is 0 Å². The van der Waals surface area contributed by atoms with E-state index >= 15 is 0 Å². The monoisotopic (exact) mass is 606 g/mol. The van der Waals surface area contributed by atoms with Crippen LogP contribution >= 0.6 is 162 Å². The van der Waals surface area contributed by atoms with E-state index in [4.69, 9.17) is 162 Å². The van der Waals surface area contributed by atoms with E-state index in [1.54, 1.807) is 0 Å². The predicted octanol–water partition coefficient (Wildman–Crippen LogP) is 7.83. The lowest BCUT2D eigenvalue weighted by Crippen LogP contribution is -2.67. The Bertz CT molecular complexity index is 426. The molecule has 0 fully saturated rings. The van der Waals surface area contributed by atoms with Crippen molar-refractivity contribution in [1.82, 2.24) is 0 Å². The van der Waals surface area contributed by atoms with Crippen LogP contribution in [0.2, 0.25) is 0 Å². The summed E-state index contributed by atoms with van der Waals surface area (Å²) in [5, 5.41) is 9.21. The van der Waals surface area contributed by atoms with Crippen molar-refractivity contribution in [3.8, 4) is 0 Å². The average Bonchev–Trinajstić information content (AvgIpc) is 2.37. The summed E-state index contributed by atoms with van der Waals surface area (Å²) in [6, 6.07) is 0. The number of halogens is 14. The highest BCUT2D eigenvalue weighted by molar-refractivity contribution is 6.79. The number of alkyl halides is 14. The first kappa shape index (κ1) is 27.0. The van der Waals surface area contributed by atoms with Crippen LogP contribution in [0.25, 0.3) is 0 Å². The molecule has 0 saturated heterocycles. The van der Waals surface area contributed by atoms with Crippen LogP contribution in [0.5, 0.6) is 0 Å². The van der Waals surface area contributed by atoms with Gasteiger partial charge in [-0.05, 0) is 0 Å². The molecule has 15 heteroatoms. The second-order valence-electron chi connectivity index (χ2n) is 4.08. The highest BCUT2D eigenvalue weighted by Crippen LogP contribution is 2.69. The fourth-order valence-corrected chi connectivity index (χ4v) is 5.05. The van der Waals surface area contributed by atoms with Crippen LogP contribution in [0.3, 0.4) is 0 Å². The Morgan fingerprint density at radius 1 is 0.565 bits per heavy atom. The van der Waals surface area contributed by atoms with Gasteiger partial charge in [-0.3, -0.25) is 0 Å². The van der Waals surface area contributed by atoms with Gasteiger partial charge in [0.2, 0.25) is 0 Å². The van der Waals surface area contributed by atoms with E-state index in [1.165, 1.54) is 0 Å². The topological polar surface area (TPSA) is 20.2 Å². The standard InChI is InChI=1S/C8H4Cl14O/c9-2(10)4(13,14)6(17,18)8(21,22)7(19,20)5(15,16)3(11,12)1-23/h2,23H,1H2. The summed E-state index contributed by atoms with van der Waals surface area (Å²) in [5.41, 5.74) is 0. The molecular weight excluding hydrogens is 608 g/mol. The summed E-state index contributed by atoms with van der Waals surface area (Å²) in [4.78, 5) is -1.61. The highest BCUT2D eigenvalue weighted by Gasteiger charge is 2.77. The molecule has 0 bridgehead atoms. The molecule has 0 atom stereocenters. The van der Waals surface area contributed by atoms with Crippen molar-refractivity contribution in [3.63, 3.8) is 0 Å². The molecule has 0 aromatic rings. The zero-order valence-electron chi connectivity index (χ0n) is 10.0. The summed E-state index contributed by atoms with van der Waals surface area (Å²) in [7, 11) is 0. The third kappa shape index (κ3) is 4.46. The average molecular weight is 612 g/mol. The molecule has 0 rings (SSSR count). The molecular formula is C8H4Cl14O. The third-order valence-corrected chi connectivity index (χ3v) is 12.0. The lowest BCUT2D eigenvalue weighted by Gasteiger charge is -2.51. The quantitative estimate of drug-likeness (QED) is 0.291. The van der Waals surface area contributed by atoms with Gasteiger partial charge in [-0.25, -0.2) is 0 Å². The molecule has 0 aliphatic carbocycles. The summed E-state index contributed by atoms with van der Waals surface area (Å²) in [6.45, 7) is -1.01. The summed E-state index contributed by atoms with van der Waals surface area (Å²) < 4.78 is -15.6. The van der Waals surface area contributed by atoms with Crippen LogP contribution < -0.4 is 0 Å². The minimum Gasteiger partial charge on any atom is -0.393 e. The largest absolute Gasteiger partial charge is 0.393 e. The Hall–Kier alpha value is 4.02. The Labute approximate surface area is 202 Å². The maximum absolute atomic E-state index is 9.21. The first-order chi connectivity index (χ1) is 9.75. The third-order valence-electron chi connectivity index (χ3n) is 2.53. The van der Waals surface area contributed by atoms with Gasteiger partial charge in [0.15, 0.2) is 26.0 Å². The van der Waals surface area contributed by atoms with E-state index in [9.17, 15) is 5.11 Å².